The van der Waals surface area contributed by atoms with Gasteiger partial charge in [0.1, 0.15) is 17.3 Å². The Balaban J connectivity index is 2.17. The van der Waals surface area contributed by atoms with Gasteiger partial charge >= 0.3 is 5.97 Å². The Hall–Kier alpha value is -2.40. The number of rotatable bonds is 5. The molecular weight excluding hydrogens is 273 g/mol. The van der Waals surface area contributed by atoms with Gasteiger partial charge in [-0.25, -0.2) is 4.39 Å². The standard InChI is InChI=1S/C16H16FNO3/c1-20-16(19)8-11-3-2-4-14(6-11)21-15-7-12(10-18)5-13(17)9-15/h2-7,9H,8,10,18H2,1H3. The van der Waals surface area contributed by atoms with Gasteiger partial charge in [-0.1, -0.05) is 12.1 Å². The summed E-state index contributed by atoms with van der Waals surface area (Å²) in [7, 11) is 1.34. The van der Waals surface area contributed by atoms with Gasteiger partial charge in [-0.15, -0.1) is 0 Å². The molecule has 0 aliphatic rings. The molecule has 2 aromatic rings. The molecule has 2 N–H and O–H groups in total. The topological polar surface area (TPSA) is 61.5 Å². The number of hydrogen-bond acceptors (Lipinski definition) is 4. The SMILES string of the molecule is COC(=O)Cc1cccc(Oc2cc(F)cc(CN)c2)c1. The highest BCUT2D eigenvalue weighted by Crippen LogP contribution is 2.24. The average Bonchev–Trinajstić information content (AvgIpc) is 2.46. The van der Waals surface area contributed by atoms with Gasteiger partial charge < -0.3 is 15.2 Å². The molecule has 0 amide bonds. The van der Waals surface area contributed by atoms with Crippen LogP contribution in [-0.2, 0) is 22.5 Å². The fourth-order valence-electron chi connectivity index (χ4n) is 1.89. The van der Waals surface area contributed by atoms with Gasteiger partial charge in [-0.2, -0.15) is 0 Å². The van der Waals surface area contributed by atoms with Crippen LogP contribution in [0.15, 0.2) is 42.5 Å². The van der Waals surface area contributed by atoms with Crippen molar-refractivity contribution in [2.75, 3.05) is 7.11 Å². The molecule has 0 atom stereocenters. The van der Waals surface area contributed by atoms with E-state index in [4.69, 9.17) is 10.5 Å². The molecule has 0 saturated heterocycles. The fraction of sp³-hybridized carbons (Fsp3) is 0.188. The van der Waals surface area contributed by atoms with Gasteiger partial charge in [0, 0.05) is 12.6 Å². The van der Waals surface area contributed by atoms with E-state index in [2.05, 4.69) is 4.74 Å². The van der Waals surface area contributed by atoms with E-state index in [1.165, 1.54) is 19.2 Å². The van der Waals surface area contributed by atoms with E-state index in [0.29, 0.717) is 17.1 Å². The zero-order chi connectivity index (χ0) is 15.2. The van der Waals surface area contributed by atoms with E-state index in [1.807, 2.05) is 0 Å². The molecule has 0 spiro atoms. The van der Waals surface area contributed by atoms with Crippen molar-refractivity contribution in [3.63, 3.8) is 0 Å². The van der Waals surface area contributed by atoms with Crippen LogP contribution in [0.1, 0.15) is 11.1 Å². The van der Waals surface area contributed by atoms with Crippen LogP contribution in [0.2, 0.25) is 0 Å². The minimum Gasteiger partial charge on any atom is -0.469 e. The van der Waals surface area contributed by atoms with Crippen LogP contribution in [0.5, 0.6) is 11.5 Å². The van der Waals surface area contributed by atoms with Gasteiger partial charge in [-0.05, 0) is 35.4 Å². The summed E-state index contributed by atoms with van der Waals surface area (Å²) in [6, 6.07) is 11.3. The first-order valence-electron chi connectivity index (χ1n) is 6.44. The number of benzene rings is 2. The van der Waals surface area contributed by atoms with E-state index < -0.39 is 5.82 Å². The second kappa shape index (κ2) is 6.85. The minimum atomic E-state index is -0.404. The van der Waals surface area contributed by atoms with E-state index in [-0.39, 0.29) is 18.9 Å². The lowest BCUT2D eigenvalue weighted by atomic mass is 10.1. The zero-order valence-corrected chi connectivity index (χ0v) is 11.6. The zero-order valence-electron chi connectivity index (χ0n) is 11.6. The van der Waals surface area contributed by atoms with Crippen molar-refractivity contribution in [3.05, 3.63) is 59.4 Å². The monoisotopic (exact) mass is 289 g/mol. The first-order valence-corrected chi connectivity index (χ1v) is 6.44. The predicted molar refractivity (Wildman–Crippen MR) is 76.5 cm³/mol. The van der Waals surface area contributed by atoms with Crippen molar-refractivity contribution < 1.29 is 18.7 Å². The van der Waals surface area contributed by atoms with Gasteiger partial charge in [0.05, 0.1) is 13.5 Å². The highest BCUT2D eigenvalue weighted by atomic mass is 19.1. The Morgan fingerprint density at radius 1 is 1.14 bits per heavy atom. The summed E-state index contributed by atoms with van der Waals surface area (Å²) in [5, 5.41) is 0. The lowest BCUT2D eigenvalue weighted by molar-refractivity contribution is -0.139. The maximum absolute atomic E-state index is 13.4. The second-order valence-corrected chi connectivity index (χ2v) is 4.50. The Kier molecular flexibility index (Phi) is 4.90. The van der Waals surface area contributed by atoms with E-state index >= 15 is 0 Å². The Morgan fingerprint density at radius 3 is 2.62 bits per heavy atom. The van der Waals surface area contributed by atoms with E-state index in [1.54, 1.807) is 30.3 Å². The molecule has 0 heterocycles. The molecule has 0 fully saturated rings. The van der Waals surface area contributed by atoms with Gasteiger partial charge in [-0.3, -0.25) is 4.79 Å². The number of nitrogens with two attached hydrogens (primary N) is 1. The number of methoxy groups -OCH3 is 1. The van der Waals surface area contributed by atoms with Crippen LogP contribution in [-0.4, -0.2) is 13.1 Å². The molecule has 0 aliphatic heterocycles. The molecule has 2 aromatic carbocycles. The number of carbonyl (C=O) groups is 1. The molecule has 0 radical (unpaired) electrons. The number of ether oxygens (including phenoxy) is 2. The lowest BCUT2D eigenvalue weighted by Gasteiger charge is -2.09. The highest BCUT2D eigenvalue weighted by molar-refractivity contribution is 5.72. The van der Waals surface area contributed by atoms with Crippen LogP contribution in [0.4, 0.5) is 4.39 Å². The summed E-state index contributed by atoms with van der Waals surface area (Å²) in [5.74, 6) is 0.151. The third kappa shape index (κ3) is 4.29. The summed E-state index contributed by atoms with van der Waals surface area (Å²) in [6.07, 6.45) is 0.158. The number of esters is 1. The summed E-state index contributed by atoms with van der Waals surface area (Å²) >= 11 is 0. The van der Waals surface area contributed by atoms with E-state index in [9.17, 15) is 9.18 Å². The van der Waals surface area contributed by atoms with Crippen LogP contribution in [0, 0.1) is 5.82 Å². The fourth-order valence-corrected chi connectivity index (χ4v) is 1.89. The van der Waals surface area contributed by atoms with Gasteiger partial charge in [0.15, 0.2) is 0 Å². The smallest absolute Gasteiger partial charge is 0.309 e. The Labute approximate surface area is 122 Å². The predicted octanol–water partition coefficient (Wildman–Crippen LogP) is 2.79. The van der Waals surface area contributed by atoms with Gasteiger partial charge in [0.2, 0.25) is 0 Å². The molecule has 21 heavy (non-hydrogen) atoms. The molecule has 5 heteroatoms. The molecule has 0 bridgehead atoms. The maximum Gasteiger partial charge on any atom is 0.309 e. The van der Waals surface area contributed by atoms with Crippen molar-refractivity contribution >= 4 is 5.97 Å². The molecule has 110 valence electrons. The minimum absolute atomic E-state index is 0.158. The average molecular weight is 289 g/mol. The number of hydrogen-bond donors (Lipinski definition) is 1. The first kappa shape index (κ1) is 15.0. The largest absolute Gasteiger partial charge is 0.469 e. The van der Waals surface area contributed by atoms with Crippen LogP contribution >= 0.6 is 0 Å². The van der Waals surface area contributed by atoms with Crippen molar-refractivity contribution in [1.82, 2.24) is 0 Å². The second-order valence-electron chi connectivity index (χ2n) is 4.50. The van der Waals surface area contributed by atoms with Crippen LogP contribution in [0.25, 0.3) is 0 Å². The quantitative estimate of drug-likeness (QED) is 0.860. The third-order valence-electron chi connectivity index (χ3n) is 2.88. The maximum atomic E-state index is 13.4. The van der Waals surface area contributed by atoms with Crippen LogP contribution in [0.3, 0.4) is 0 Å². The molecule has 0 saturated carbocycles. The lowest BCUT2D eigenvalue weighted by Crippen LogP contribution is -2.04. The van der Waals surface area contributed by atoms with Crippen molar-refractivity contribution in [2.45, 2.75) is 13.0 Å². The summed E-state index contributed by atoms with van der Waals surface area (Å²) < 4.78 is 23.6. The first-order chi connectivity index (χ1) is 10.1. The normalized spacial score (nSPS) is 10.2. The van der Waals surface area contributed by atoms with Gasteiger partial charge in [0.25, 0.3) is 0 Å². The Morgan fingerprint density at radius 2 is 1.90 bits per heavy atom. The molecular formula is C16H16FNO3. The molecule has 4 nitrogen and oxygen atoms in total. The third-order valence-corrected chi connectivity index (χ3v) is 2.88. The van der Waals surface area contributed by atoms with Crippen LogP contribution < -0.4 is 10.5 Å². The number of halogens is 1. The molecule has 0 aliphatic carbocycles. The van der Waals surface area contributed by atoms with E-state index in [0.717, 1.165) is 5.56 Å². The summed E-state index contributed by atoms with van der Waals surface area (Å²) in [6.45, 7) is 0.233. The van der Waals surface area contributed by atoms with Crippen molar-refractivity contribution in [1.29, 1.82) is 0 Å². The highest BCUT2D eigenvalue weighted by Gasteiger charge is 2.06. The number of carbonyl (C=O) groups excluding carboxylic acids is 1. The Bertz CT molecular complexity index is 643. The molecule has 0 aromatic heterocycles. The van der Waals surface area contributed by atoms with Crippen molar-refractivity contribution in [2.24, 2.45) is 5.73 Å². The van der Waals surface area contributed by atoms with Crippen molar-refractivity contribution in [3.8, 4) is 11.5 Å². The molecule has 2 rings (SSSR count). The molecule has 0 unspecified atom stereocenters. The summed E-state index contributed by atoms with van der Waals surface area (Å²) in [4.78, 5) is 11.3. The summed E-state index contributed by atoms with van der Waals surface area (Å²) in [5.41, 5.74) is 6.91.